The van der Waals surface area contributed by atoms with Crippen molar-refractivity contribution in [1.82, 2.24) is 5.32 Å². The van der Waals surface area contributed by atoms with E-state index in [-0.39, 0.29) is 5.54 Å². The molecule has 1 aliphatic heterocycles. The van der Waals surface area contributed by atoms with Crippen LogP contribution in [-0.4, -0.2) is 12.1 Å². The lowest BCUT2D eigenvalue weighted by atomic mass is 9.76. The molecule has 0 amide bonds. The minimum absolute atomic E-state index is 0.227. The smallest absolute Gasteiger partial charge is 0.109 e. The lowest BCUT2D eigenvalue weighted by Gasteiger charge is -2.32. The summed E-state index contributed by atoms with van der Waals surface area (Å²) in [7, 11) is 0. The molecule has 1 aliphatic rings. The number of nitrogens with one attached hydrogen (secondary N) is 1. The monoisotopic (exact) mass is 180 g/mol. The summed E-state index contributed by atoms with van der Waals surface area (Å²) < 4.78 is 0. The van der Waals surface area contributed by atoms with Gasteiger partial charge in [0.05, 0.1) is 6.07 Å². The summed E-state index contributed by atoms with van der Waals surface area (Å²) in [5, 5.41) is 12.6. The van der Waals surface area contributed by atoms with E-state index in [1.807, 2.05) is 0 Å². The minimum atomic E-state index is -0.227. The van der Waals surface area contributed by atoms with Crippen molar-refractivity contribution in [2.75, 3.05) is 6.54 Å². The lowest BCUT2D eigenvalue weighted by Crippen LogP contribution is -2.46. The van der Waals surface area contributed by atoms with E-state index in [4.69, 9.17) is 0 Å². The van der Waals surface area contributed by atoms with Crippen molar-refractivity contribution in [2.24, 2.45) is 11.8 Å². The van der Waals surface area contributed by atoms with Crippen LogP contribution >= 0.6 is 0 Å². The summed E-state index contributed by atoms with van der Waals surface area (Å²) in [6.07, 6.45) is 3.33. The van der Waals surface area contributed by atoms with E-state index in [9.17, 15) is 5.26 Å². The van der Waals surface area contributed by atoms with Crippen LogP contribution in [0.4, 0.5) is 0 Å². The van der Waals surface area contributed by atoms with Crippen molar-refractivity contribution in [3.05, 3.63) is 0 Å². The summed E-state index contributed by atoms with van der Waals surface area (Å²) in [6, 6.07) is 2.48. The zero-order chi connectivity index (χ0) is 9.90. The van der Waals surface area contributed by atoms with Crippen molar-refractivity contribution in [3.8, 4) is 6.07 Å². The second-order valence-electron chi connectivity index (χ2n) is 4.29. The Kier molecular flexibility index (Phi) is 3.33. The molecule has 1 heterocycles. The average molecular weight is 180 g/mol. The summed E-state index contributed by atoms with van der Waals surface area (Å²) >= 11 is 0. The topological polar surface area (TPSA) is 35.8 Å². The van der Waals surface area contributed by atoms with E-state index in [1.165, 1.54) is 0 Å². The van der Waals surface area contributed by atoms with Crippen molar-refractivity contribution in [2.45, 2.75) is 45.6 Å². The van der Waals surface area contributed by atoms with E-state index in [2.05, 4.69) is 32.2 Å². The Bertz CT molecular complexity index is 199. The first-order valence-electron chi connectivity index (χ1n) is 5.32. The molecule has 74 valence electrons. The first-order chi connectivity index (χ1) is 6.16. The maximum atomic E-state index is 9.22. The number of nitriles is 1. The van der Waals surface area contributed by atoms with Gasteiger partial charge in [-0.1, -0.05) is 27.2 Å². The molecule has 1 saturated heterocycles. The largest absolute Gasteiger partial charge is 0.299 e. The summed E-state index contributed by atoms with van der Waals surface area (Å²) in [6.45, 7) is 7.65. The fourth-order valence-corrected chi connectivity index (χ4v) is 2.19. The molecular weight excluding hydrogens is 160 g/mol. The Hall–Kier alpha value is -0.550. The quantitative estimate of drug-likeness (QED) is 0.723. The Balaban J connectivity index is 2.71. The van der Waals surface area contributed by atoms with Crippen molar-refractivity contribution >= 4 is 0 Å². The summed E-state index contributed by atoms with van der Waals surface area (Å²) in [4.78, 5) is 0. The molecule has 0 spiro atoms. The molecule has 0 aromatic rings. The zero-order valence-electron chi connectivity index (χ0n) is 8.93. The Labute approximate surface area is 81.3 Å². The molecule has 0 bridgehead atoms. The maximum absolute atomic E-state index is 9.22. The minimum Gasteiger partial charge on any atom is -0.299 e. The summed E-state index contributed by atoms with van der Waals surface area (Å²) in [5.41, 5.74) is -0.227. The highest BCUT2D eigenvalue weighted by Gasteiger charge is 2.40. The van der Waals surface area contributed by atoms with Crippen LogP contribution in [0.15, 0.2) is 0 Å². The van der Waals surface area contributed by atoms with Gasteiger partial charge in [0, 0.05) is 0 Å². The van der Waals surface area contributed by atoms with Crippen LogP contribution in [0.25, 0.3) is 0 Å². The van der Waals surface area contributed by atoms with Crippen LogP contribution in [0.5, 0.6) is 0 Å². The predicted molar refractivity (Wildman–Crippen MR) is 54.2 cm³/mol. The van der Waals surface area contributed by atoms with E-state index in [1.54, 1.807) is 0 Å². The SMILES string of the molecule is CCC(C)C(C)C1(C#N)CCCN1. The van der Waals surface area contributed by atoms with E-state index < -0.39 is 0 Å². The van der Waals surface area contributed by atoms with E-state index in [0.29, 0.717) is 11.8 Å². The van der Waals surface area contributed by atoms with Gasteiger partial charge in [0.1, 0.15) is 5.54 Å². The first kappa shape index (κ1) is 10.5. The highest BCUT2D eigenvalue weighted by molar-refractivity contribution is 5.13. The molecule has 0 aromatic carbocycles. The number of hydrogen-bond donors (Lipinski definition) is 1. The van der Waals surface area contributed by atoms with Crippen LogP contribution in [0.1, 0.15) is 40.0 Å². The number of nitrogens with zero attached hydrogens (tertiary/aromatic N) is 1. The van der Waals surface area contributed by atoms with E-state index >= 15 is 0 Å². The van der Waals surface area contributed by atoms with Crippen LogP contribution in [0.2, 0.25) is 0 Å². The molecule has 3 unspecified atom stereocenters. The molecule has 13 heavy (non-hydrogen) atoms. The van der Waals surface area contributed by atoms with Gasteiger partial charge in [-0.3, -0.25) is 5.32 Å². The van der Waals surface area contributed by atoms with E-state index in [0.717, 1.165) is 25.8 Å². The van der Waals surface area contributed by atoms with Gasteiger partial charge in [0.25, 0.3) is 0 Å². The highest BCUT2D eigenvalue weighted by Crippen LogP contribution is 2.33. The van der Waals surface area contributed by atoms with Crippen LogP contribution < -0.4 is 5.32 Å². The van der Waals surface area contributed by atoms with Gasteiger partial charge in [-0.25, -0.2) is 0 Å². The van der Waals surface area contributed by atoms with Gasteiger partial charge in [-0.15, -0.1) is 0 Å². The normalized spacial score (nSPS) is 32.5. The molecule has 3 atom stereocenters. The third kappa shape index (κ3) is 1.86. The molecule has 1 fully saturated rings. The van der Waals surface area contributed by atoms with Gasteiger partial charge in [0.2, 0.25) is 0 Å². The highest BCUT2D eigenvalue weighted by atomic mass is 15.0. The second-order valence-corrected chi connectivity index (χ2v) is 4.29. The first-order valence-corrected chi connectivity index (χ1v) is 5.32. The Morgan fingerprint density at radius 3 is 2.62 bits per heavy atom. The third-order valence-electron chi connectivity index (χ3n) is 3.66. The molecular formula is C11H20N2. The Morgan fingerprint density at radius 1 is 1.54 bits per heavy atom. The third-order valence-corrected chi connectivity index (χ3v) is 3.66. The molecule has 1 N–H and O–H groups in total. The molecule has 2 nitrogen and oxygen atoms in total. The van der Waals surface area contributed by atoms with Gasteiger partial charge < -0.3 is 0 Å². The fourth-order valence-electron chi connectivity index (χ4n) is 2.19. The Morgan fingerprint density at radius 2 is 2.23 bits per heavy atom. The van der Waals surface area contributed by atoms with Gasteiger partial charge >= 0.3 is 0 Å². The maximum Gasteiger partial charge on any atom is 0.109 e. The second kappa shape index (κ2) is 4.11. The van der Waals surface area contributed by atoms with Crippen LogP contribution in [0, 0.1) is 23.2 Å². The standard InChI is InChI=1S/C11H20N2/c1-4-9(2)10(3)11(8-12)6-5-7-13-11/h9-10,13H,4-7H2,1-3H3. The molecule has 0 aromatic heterocycles. The average Bonchev–Trinajstić information content (AvgIpc) is 2.65. The molecule has 1 rings (SSSR count). The summed E-state index contributed by atoms with van der Waals surface area (Å²) in [5.74, 6) is 1.09. The van der Waals surface area contributed by atoms with Gasteiger partial charge in [-0.05, 0) is 31.2 Å². The van der Waals surface area contributed by atoms with Crippen molar-refractivity contribution in [1.29, 1.82) is 5.26 Å². The predicted octanol–water partition coefficient (Wildman–Crippen LogP) is 2.31. The molecule has 2 heteroatoms. The zero-order valence-corrected chi connectivity index (χ0v) is 8.93. The van der Waals surface area contributed by atoms with Crippen molar-refractivity contribution in [3.63, 3.8) is 0 Å². The number of rotatable bonds is 3. The molecule has 0 radical (unpaired) electrons. The van der Waals surface area contributed by atoms with Crippen molar-refractivity contribution < 1.29 is 0 Å². The van der Waals surface area contributed by atoms with Crippen LogP contribution in [0.3, 0.4) is 0 Å². The van der Waals surface area contributed by atoms with Crippen LogP contribution in [-0.2, 0) is 0 Å². The molecule has 0 saturated carbocycles. The van der Waals surface area contributed by atoms with Gasteiger partial charge in [-0.2, -0.15) is 5.26 Å². The number of hydrogen-bond acceptors (Lipinski definition) is 2. The van der Waals surface area contributed by atoms with Gasteiger partial charge in [0.15, 0.2) is 0 Å². The fraction of sp³-hybridized carbons (Fsp3) is 0.909. The molecule has 0 aliphatic carbocycles. The lowest BCUT2D eigenvalue weighted by molar-refractivity contribution is 0.240.